The first-order chi connectivity index (χ1) is 12.7. The third-order valence-corrected chi connectivity index (χ3v) is 4.27. The van der Waals surface area contributed by atoms with Crippen molar-refractivity contribution in [2.24, 2.45) is 0 Å². The molecule has 4 aromatic carbocycles. The highest BCUT2D eigenvalue weighted by Crippen LogP contribution is 2.30. The van der Waals surface area contributed by atoms with Crippen molar-refractivity contribution in [3.8, 4) is 11.5 Å². The second-order valence-electron chi connectivity index (χ2n) is 6.02. The van der Waals surface area contributed by atoms with Gasteiger partial charge in [-0.15, -0.1) is 0 Å². The molecule has 4 heteroatoms. The van der Waals surface area contributed by atoms with E-state index in [1.54, 1.807) is 12.1 Å². The summed E-state index contributed by atoms with van der Waals surface area (Å²) in [6.07, 6.45) is 0. The molecule has 0 aromatic heterocycles. The van der Waals surface area contributed by atoms with Crippen LogP contribution in [0.5, 0.6) is 11.5 Å². The molecule has 0 radical (unpaired) electrons. The molecule has 0 saturated carbocycles. The normalized spacial score (nSPS) is 10.8. The second-order valence-corrected chi connectivity index (χ2v) is 6.02. The first kappa shape index (κ1) is 16.0. The van der Waals surface area contributed by atoms with Gasteiger partial charge in [0, 0.05) is 16.5 Å². The van der Waals surface area contributed by atoms with Crippen molar-refractivity contribution >= 4 is 33.1 Å². The van der Waals surface area contributed by atoms with Gasteiger partial charge in [-0.05, 0) is 35.0 Å². The van der Waals surface area contributed by atoms with E-state index in [0.717, 1.165) is 16.2 Å². The molecule has 1 amide bonds. The van der Waals surface area contributed by atoms with Crippen LogP contribution in [0.15, 0.2) is 78.9 Å². The molecule has 0 aliphatic carbocycles. The zero-order valence-electron chi connectivity index (χ0n) is 14.0. The highest BCUT2D eigenvalue weighted by atomic mass is 16.5. The van der Waals surface area contributed by atoms with Crippen LogP contribution in [0.3, 0.4) is 0 Å². The minimum absolute atomic E-state index is 0.0897. The van der Waals surface area contributed by atoms with Crippen LogP contribution in [0.1, 0.15) is 0 Å². The molecule has 0 spiro atoms. The Balaban J connectivity index is 1.48. The number of rotatable bonds is 4. The Morgan fingerprint density at radius 1 is 0.846 bits per heavy atom. The second kappa shape index (κ2) is 6.76. The summed E-state index contributed by atoms with van der Waals surface area (Å²) in [5.74, 6) is 0.578. The molecule has 2 N–H and O–H groups in total. The lowest BCUT2D eigenvalue weighted by molar-refractivity contribution is -0.118. The van der Waals surface area contributed by atoms with E-state index >= 15 is 0 Å². The number of carbonyl (C=O) groups excluding carboxylic acids is 1. The number of anilines is 1. The number of phenols is 1. The Hall–Kier alpha value is -3.53. The van der Waals surface area contributed by atoms with E-state index in [1.807, 2.05) is 66.7 Å². The van der Waals surface area contributed by atoms with Crippen molar-refractivity contribution < 1.29 is 14.6 Å². The molecule has 0 heterocycles. The third kappa shape index (κ3) is 3.17. The average Bonchev–Trinajstić information content (AvgIpc) is 2.68. The average molecular weight is 343 g/mol. The van der Waals surface area contributed by atoms with Gasteiger partial charge in [0.2, 0.25) is 0 Å². The SMILES string of the molecule is O=C(COc1ccc2ccccc2c1)Nc1ccc(O)c2ccccc12. The molecule has 4 nitrogen and oxygen atoms in total. The standard InChI is InChI=1S/C22H17NO3/c24-21-12-11-20(18-7-3-4-8-19(18)21)23-22(25)14-26-17-10-9-15-5-1-2-6-16(15)13-17/h1-13,24H,14H2,(H,23,25). The van der Waals surface area contributed by atoms with Gasteiger partial charge in [0.25, 0.3) is 5.91 Å². The van der Waals surface area contributed by atoms with Crippen molar-refractivity contribution in [1.29, 1.82) is 0 Å². The number of hydrogen-bond donors (Lipinski definition) is 2. The molecule has 0 atom stereocenters. The van der Waals surface area contributed by atoms with Gasteiger partial charge in [-0.3, -0.25) is 4.79 Å². The number of carbonyl (C=O) groups is 1. The van der Waals surface area contributed by atoms with Crippen molar-refractivity contribution in [1.82, 2.24) is 0 Å². The zero-order valence-corrected chi connectivity index (χ0v) is 14.0. The minimum atomic E-state index is -0.256. The summed E-state index contributed by atoms with van der Waals surface area (Å²) in [5.41, 5.74) is 0.644. The lowest BCUT2D eigenvalue weighted by Gasteiger charge is -2.11. The van der Waals surface area contributed by atoms with Crippen molar-refractivity contribution in [2.45, 2.75) is 0 Å². The minimum Gasteiger partial charge on any atom is -0.507 e. The van der Waals surface area contributed by atoms with Crippen LogP contribution >= 0.6 is 0 Å². The first-order valence-corrected chi connectivity index (χ1v) is 8.33. The van der Waals surface area contributed by atoms with E-state index in [0.29, 0.717) is 16.8 Å². The fourth-order valence-corrected chi connectivity index (χ4v) is 2.98. The highest BCUT2D eigenvalue weighted by molar-refractivity contribution is 6.04. The highest BCUT2D eigenvalue weighted by Gasteiger charge is 2.09. The van der Waals surface area contributed by atoms with Gasteiger partial charge in [0.15, 0.2) is 6.61 Å². The number of phenolic OH excluding ortho intramolecular Hbond substituents is 1. The maximum Gasteiger partial charge on any atom is 0.262 e. The van der Waals surface area contributed by atoms with Gasteiger partial charge in [-0.1, -0.05) is 54.6 Å². The summed E-state index contributed by atoms with van der Waals surface area (Å²) >= 11 is 0. The van der Waals surface area contributed by atoms with Crippen LogP contribution in [0.4, 0.5) is 5.69 Å². The molecule has 0 saturated heterocycles. The Morgan fingerprint density at radius 3 is 2.42 bits per heavy atom. The molecule has 0 fully saturated rings. The van der Waals surface area contributed by atoms with Crippen LogP contribution in [0.25, 0.3) is 21.5 Å². The molecular formula is C22H17NO3. The molecule has 0 unspecified atom stereocenters. The van der Waals surface area contributed by atoms with Gasteiger partial charge >= 0.3 is 0 Å². The fourth-order valence-electron chi connectivity index (χ4n) is 2.98. The number of nitrogens with one attached hydrogen (secondary N) is 1. The summed E-state index contributed by atoms with van der Waals surface area (Å²) < 4.78 is 5.62. The summed E-state index contributed by atoms with van der Waals surface area (Å²) in [6.45, 7) is -0.0897. The van der Waals surface area contributed by atoms with Crippen LogP contribution < -0.4 is 10.1 Å². The number of hydrogen-bond acceptors (Lipinski definition) is 3. The zero-order chi connectivity index (χ0) is 17.9. The molecular weight excluding hydrogens is 326 g/mol. The van der Waals surface area contributed by atoms with Gasteiger partial charge in [0.05, 0.1) is 0 Å². The topological polar surface area (TPSA) is 58.6 Å². The van der Waals surface area contributed by atoms with E-state index in [2.05, 4.69) is 5.32 Å². The van der Waals surface area contributed by atoms with Crippen LogP contribution in [0.2, 0.25) is 0 Å². The maximum absolute atomic E-state index is 12.3. The van der Waals surface area contributed by atoms with E-state index in [1.165, 1.54) is 0 Å². The van der Waals surface area contributed by atoms with Crippen LogP contribution in [-0.4, -0.2) is 17.6 Å². The summed E-state index contributed by atoms with van der Waals surface area (Å²) in [7, 11) is 0. The van der Waals surface area contributed by atoms with Gasteiger partial charge in [-0.25, -0.2) is 0 Å². The number of fused-ring (bicyclic) bond motifs is 2. The van der Waals surface area contributed by atoms with Gasteiger partial charge < -0.3 is 15.2 Å². The largest absolute Gasteiger partial charge is 0.507 e. The fraction of sp³-hybridized carbons (Fsp3) is 0.0455. The lowest BCUT2D eigenvalue weighted by atomic mass is 10.1. The van der Waals surface area contributed by atoms with Gasteiger partial charge in [-0.2, -0.15) is 0 Å². The quantitative estimate of drug-likeness (QED) is 0.527. The Kier molecular flexibility index (Phi) is 4.15. The first-order valence-electron chi connectivity index (χ1n) is 8.33. The van der Waals surface area contributed by atoms with E-state index in [-0.39, 0.29) is 18.3 Å². The maximum atomic E-state index is 12.3. The van der Waals surface area contributed by atoms with Crippen LogP contribution in [0, 0.1) is 0 Å². The van der Waals surface area contributed by atoms with E-state index in [4.69, 9.17) is 4.74 Å². The number of ether oxygens (including phenoxy) is 1. The summed E-state index contributed by atoms with van der Waals surface area (Å²) in [4.78, 5) is 12.3. The Bertz CT molecular complexity index is 1100. The number of benzene rings is 4. The smallest absolute Gasteiger partial charge is 0.262 e. The van der Waals surface area contributed by atoms with Crippen molar-refractivity contribution in [2.75, 3.05) is 11.9 Å². The number of aromatic hydroxyl groups is 1. The van der Waals surface area contributed by atoms with Crippen LogP contribution in [-0.2, 0) is 4.79 Å². The van der Waals surface area contributed by atoms with Crippen molar-refractivity contribution in [3.63, 3.8) is 0 Å². The van der Waals surface area contributed by atoms with E-state index < -0.39 is 0 Å². The molecule has 0 aliphatic rings. The predicted octanol–water partition coefficient (Wildman–Crippen LogP) is 4.72. The number of amides is 1. The lowest BCUT2D eigenvalue weighted by Crippen LogP contribution is -2.20. The summed E-state index contributed by atoms with van der Waals surface area (Å²) in [5, 5.41) is 16.4. The van der Waals surface area contributed by atoms with E-state index in [9.17, 15) is 9.90 Å². The third-order valence-electron chi connectivity index (χ3n) is 4.27. The molecule has 4 aromatic rings. The monoisotopic (exact) mass is 343 g/mol. The molecule has 4 rings (SSSR count). The van der Waals surface area contributed by atoms with Crippen molar-refractivity contribution in [3.05, 3.63) is 78.9 Å². The molecule has 0 aliphatic heterocycles. The molecule has 128 valence electrons. The van der Waals surface area contributed by atoms with Gasteiger partial charge in [0.1, 0.15) is 11.5 Å². The Morgan fingerprint density at radius 2 is 1.58 bits per heavy atom. The predicted molar refractivity (Wildman–Crippen MR) is 104 cm³/mol. The molecule has 0 bridgehead atoms. The molecule has 26 heavy (non-hydrogen) atoms. The Labute approximate surface area is 150 Å². The summed E-state index contributed by atoms with van der Waals surface area (Å²) in [6, 6.07) is 24.4.